The number of hydrogen-bond donors (Lipinski definition) is 0. The third kappa shape index (κ3) is 2.06. The second-order valence-corrected chi connectivity index (χ2v) is 6.66. The van der Waals surface area contributed by atoms with Crippen LogP contribution in [0.25, 0.3) is 0 Å². The minimum atomic E-state index is -0.452. The summed E-state index contributed by atoms with van der Waals surface area (Å²) in [6.45, 7) is 5.66. The fourth-order valence-electron chi connectivity index (χ4n) is 3.47. The number of carbonyl (C=O) groups is 1. The van der Waals surface area contributed by atoms with Crippen LogP contribution in [0.1, 0.15) is 28.4 Å². The predicted molar refractivity (Wildman–Crippen MR) is 95.2 cm³/mol. The zero-order chi connectivity index (χ0) is 17.0. The molecule has 4 rings (SSSR count). The van der Waals surface area contributed by atoms with Gasteiger partial charge in [0.15, 0.2) is 5.78 Å². The predicted octanol–water partition coefficient (Wildman–Crippen LogP) is 4.37. The van der Waals surface area contributed by atoms with Crippen LogP contribution in [0.2, 0.25) is 5.02 Å². The molecule has 2 aromatic carbocycles. The Morgan fingerprint density at radius 2 is 1.88 bits per heavy atom. The molecular formula is C19H17ClN2O2. The zero-order valence-corrected chi connectivity index (χ0v) is 14.5. The van der Waals surface area contributed by atoms with E-state index < -0.39 is 12.1 Å². The van der Waals surface area contributed by atoms with Crippen molar-refractivity contribution in [1.82, 2.24) is 0 Å². The molecule has 122 valence electrons. The number of fused-ring (bicyclic) bond motifs is 2. The molecule has 0 fully saturated rings. The van der Waals surface area contributed by atoms with Crippen molar-refractivity contribution in [3.05, 3.63) is 58.1 Å². The Morgan fingerprint density at radius 3 is 2.58 bits per heavy atom. The fourth-order valence-corrected chi connectivity index (χ4v) is 3.62. The van der Waals surface area contributed by atoms with Crippen molar-refractivity contribution in [1.29, 1.82) is 0 Å². The van der Waals surface area contributed by atoms with Gasteiger partial charge in [-0.05, 0) is 50.1 Å². The normalized spacial score (nSPS) is 21.9. The molecule has 5 heteroatoms. The molecule has 0 bridgehead atoms. The first kappa shape index (κ1) is 15.2. The number of aryl methyl sites for hydroxylation is 1. The highest BCUT2D eigenvalue weighted by molar-refractivity contribution is 6.33. The van der Waals surface area contributed by atoms with Gasteiger partial charge in [-0.15, -0.1) is 0 Å². The summed E-state index contributed by atoms with van der Waals surface area (Å²) in [6, 6.07) is 11.6. The van der Waals surface area contributed by atoms with Gasteiger partial charge in [-0.25, -0.2) is 5.01 Å². The van der Waals surface area contributed by atoms with Crippen LogP contribution < -0.4 is 9.75 Å². The van der Waals surface area contributed by atoms with Crippen molar-refractivity contribution < 1.29 is 9.53 Å². The average molecular weight is 341 g/mol. The number of para-hydroxylation sites is 1. The van der Waals surface area contributed by atoms with Crippen molar-refractivity contribution >= 4 is 28.8 Å². The van der Waals surface area contributed by atoms with E-state index >= 15 is 0 Å². The van der Waals surface area contributed by atoms with Gasteiger partial charge in [-0.3, -0.25) is 4.79 Å². The number of ether oxygens (including phenoxy) is 1. The number of rotatable bonds is 1. The van der Waals surface area contributed by atoms with Crippen molar-refractivity contribution in [2.45, 2.75) is 27.0 Å². The van der Waals surface area contributed by atoms with Crippen LogP contribution >= 0.6 is 11.6 Å². The van der Waals surface area contributed by atoms with E-state index in [-0.39, 0.29) is 5.78 Å². The van der Waals surface area contributed by atoms with E-state index in [1.807, 2.05) is 57.2 Å². The Bertz CT molecular complexity index is 877. The molecule has 0 saturated carbocycles. The smallest absolute Gasteiger partial charge is 0.207 e. The van der Waals surface area contributed by atoms with Gasteiger partial charge in [0.1, 0.15) is 11.7 Å². The number of Topliss-reactive ketones (excluding diaryl/α,β-unsaturated/α-hetero) is 1. The first-order valence-electron chi connectivity index (χ1n) is 7.89. The van der Waals surface area contributed by atoms with E-state index in [1.165, 1.54) is 0 Å². The standard InChI is InChI=1S/C19H17ClN2O2/c1-10-9-14-15(11(2)17(10)20)18(23)16-12(3)21-22(19(16)24-14)13-7-5-4-6-8-13/h4-9,16,19H,1-3H3. The van der Waals surface area contributed by atoms with Gasteiger partial charge in [0, 0.05) is 5.02 Å². The highest BCUT2D eigenvalue weighted by atomic mass is 35.5. The van der Waals surface area contributed by atoms with Crippen molar-refractivity contribution in [2.75, 3.05) is 5.01 Å². The maximum atomic E-state index is 13.1. The third-order valence-corrected chi connectivity index (χ3v) is 5.27. The molecular weight excluding hydrogens is 324 g/mol. The molecule has 0 aliphatic carbocycles. The first-order valence-corrected chi connectivity index (χ1v) is 8.27. The summed E-state index contributed by atoms with van der Waals surface area (Å²) in [5.74, 6) is 0.210. The van der Waals surface area contributed by atoms with Gasteiger partial charge in [-0.1, -0.05) is 29.8 Å². The molecule has 4 nitrogen and oxygen atoms in total. The Labute approximate surface area is 145 Å². The molecule has 0 aromatic heterocycles. The Kier molecular flexibility index (Phi) is 3.39. The van der Waals surface area contributed by atoms with Crippen LogP contribution in [0, 0.1) is 19.8 Å². The van der Waals surface area contributed by atoms with Crippen LogP contribution in [0.4, 0.5) is 5.69 Å². The summed E-state index contributed by atoms with van der Waals surface area (Å²) in [5.41, 5.74) is 3.93. The highest BCUT2D eigenvalue weighted by Gasteiger charge is 2.47. The van der Waals surface area contributed by atoms with Gasteiger partial charge >= 0.3 is 0 Å². The maximum Gasteiger partial charge on any atom is 0.207 e. The van der Waals surface area contributed by atoms with Crippen LogP contribution in [-0.4, -0.2) is 17.7 Å². The quantitative estimate of drug-likeness (QED) is 0.774. The summed E-state index contributed by atoms with van der Waals surface area (Å²) in [7, 11) is 0. The lowest BCUT2D eigenvalue weighted by molar-refractivity contribution is 0.0785. The number of hydrazone groups is 1. The fraction of sp³-hybridized carbons (Fsp3) is 0.263. The Balaban J connectivity index is 1.84. The van der Waals surface area contributed by atoms with E-state index in [0.29, 0.717) is 16.3 Å². The second kappa shape index (κ2) is 5.35. The molecule has 0 radical (unpaired) electrons. The lowest BCUT2D eigenvalue weighted by atomic mass is 9.87. The summed E-state index contributed by atoms with van der Waals surface area (Å²) in [5, 5.41) is 7.00. The molecule has 2 unspecified atom stereocenters. The van der Waals surface area contributed by atoms with Crippen LogP contribution in [-0.2, 0) is 0 Å². The second-order valence-electron chi connectivity index (χ2n) is 6.28. The highest BCUT2D eigenvalue weighted by Crippen LogP contribution is 2.42. The van der Waals surface area contributed by atoms with Crippen molar-refractivity contribution in [2.24, 2.45) is 11.0 Å². The minimum Gasteiger partial charge on any atom is -0.467 e. The molecule has 0 saturated heterocycles. The maximum absolute atomic E-state index is 13.1. The lowest BCUT2D eigenvalue weighted by Crippen LogP contribution is -2.45. The van der Waals surface area contributed by atoms with Crippen LogP contribution in [0.5, 0.6) is 5.75 Å². The molecule has 2 aliphatic rings. The molecule has 0 amide bonds. The number of carbonyl (C=O) groups excluding carboxylic acids is 1. The molecule has 0 spiro atoms. The molecule has 2 heterocycles. The summed E-state index contributed by atoms with van der Waals surface area (Å²) in [4.78, 5) is 13.1. The Hall–Kier alpha value is -2.33. The largest absolute Gasteiger partial charge is 0.467 e. The van der Waals surface area contributed by atoms with Crippen LogP contribution in [0.15, 0.2) is 41.5 Å². The zero-order valence-electron chi connectivity index (χ0n) is 13.7. The first-order chi connectivity index (χ1) is 11.5. The molecule has 0 N–H and O–H groups in total. The number of anilines is 1. The van der Waals surface area contributed by atoms with Crippen LogP contribution in [0.3, 0.4) is 0 Å². The number of benzene rings is 2. The number of ketones is 1. The minimum absolute atomic E-state index is 0.0281. The van der Waals surface area contributed by atoms with Gasteiger partial charge in [-0.2, -0.15) is 5.10 Å². The van der Waals surface area contributed by atoms with Crippen molar-refractivity contribution in [3.63, 3.8) is 0 Å². The third-order valence-electron chi connectivity index (χ3n) is 4.68. The molecule has 2 atom stereocenters. The number of nitrogens with zero attached hydrogens (tertiary/aromatic N) is 2. The Morgan fingerprint density at radius 1 is 1.17 bits per heavy atom. The van der Waals surface area contributed by atoms with E-state index in [9.17, 15) is 4.79 Å². The number of halogens is 1. The molecule has 24 heavy (non-hydrogen) atoms. The summed E-state index contributed by atoms with van der Waals surface area (Å²) >= 11 is 6.34. The summed E-state index contributed by atoms with van der Waals surface area (Å²) < 4.78 is 6.21. The summed E-state index contributed by atoms with van der Waals surface area (Å²) in [6.07, 6.45) is -0.452. The molecule has 2 aliphatic heterocycles. The SMILES string of the molecule is CC1=NN(c2ccccc2)C2Oc3cc(C)c(Cl)c(C)c3C(=O)C12. The van der Waals surface area contributed by atoms with Gasteiger partial charge in [0.2, 0.25) is 6.23 Å². The monoisotopic (exact) mass is 340 g/mol. The van der Waals surface area contributed by atoms with E-state index in [1.54, 1.807) is 5.01 Å². The topological polar surface area (TPSA) is 41.9 Å². The van der Waals surface area contributed by atoms with Gasteiger partial charge in [0.05, 0.1) is 17.0 Å². The average Bonchev–Trinajstić information content (AvgIpc) is 2.90. The van der Waals surface area contributed by atoms with E-state index in [0.717, 1.165) is 22.5 Å². The van der Waals surface area contributed by atoms with E-state index in [4.69, 9.17) is 16.3 Å². The lowest BCUT2D eigenvalue weighted by Gasteiger charge is -2.33. The van der Waals surface area contributed by atoms with Crippen molar-refractivity contribution in [3.8, 4) is 5.75 Å². The van der Waals surface area contributed by atoms with Gasteiger partial charge in [0.25, 0.3) is 0 Å². The van der Waals surface area contributed by atoms with E-state index in [2.05, 4.69) is 5.10 Å². The number of hydrogen-bond acceptors (Lipinski definition) is 4. The van der Waals surface area contributed by atoms with Gasteiger partial charge < -0.3 is 4.74 Å². The molecule has 2 aromatic rings.